The smallest absolute Gasteiger partial charge is 0.253 e. The lowest BCUT2D eigenvalue weighted by molar-refractivity contribution is -0.126. The maximum Gasteiger partial charge on any atom is 0.253 e. The number of ether oxygens (including phenoxy) is 1. The Kier molecular flexibility index (Phi) is 7.48. The molecular weight excluding hydrogens is 318 g/mol. The van der Waals surface area contributed by atoms with Crippen molar-refractivity contribution in [1.82, 2.24) is 5.32 Å². The molecule has 23 heavy (non-hydrogen) atoms. The van der Waals surface area contributed by atoms with Crippen molar-refractivity contribution in [3.05, 3.63) is 29.8 Å². The van der Waals surface area contributed by atoms with E-state index in [0.29, 0.717) is 24.2 Å². The molecule has 7 heteroatoms. The molecule has 0 bridgehead atoms. The minimum absolute atomic E-state index is 0. The van der Waals surface area contributed by atoms with Crippen LogP contribution in [0.1, 0.15) is 37.0 Å². The van der Waals surface area contributed by atoms with Gasteiger partial charge in [0, 0.05) is 12.6 Å². The summed E-state index contributed by atoms with van der Waals surface area (Å²) in [6, 6.07) is 6.97. The topological polar surface area (TPSA) is 93.5 Å². The highest BCUT2D eigenvalue weighted by atomic mass is 35.5. The van der Waals surface area contributed by atoms with Gasteiger partial charge >= 0.3 is 0 Å². The SMILES string of the molecule is CC(C)NC(=O)c1ccccc1NC(=O)[C@@H]1CC[C@H](CN)O1.Cl. The first-order chi connectivity index (χ1) is 10.5. The molecule has 1 aromatic rings. The molecule has 1 aliphatic heterocycles. The molecule has 6 nitrogen and oxygen atoms in total. The van der Waals surface area contributed by atoms with Crippen molar-refractivity contribution in [2.75, 3.05) is 11.9 Å². The van der Waals surface area contributed by atoms with Crippen LogP contribution in [-0.4, -0.2) is 36.6 Å². The molecule has 0 aromatic heterocycles. The maximum absolute atomic E-state index is 12.3. The number of hydrogen-bond acceptors (Lipinski definition) is 4. The van der Waals surface area contributed by atoms with E-state index in [1.807, 2.05) is 13.8 Å². The monoisotopic (exact) mass is 341 g/mol. The Hall–Kier alpha value is -1.63. The fraction of sp³-hybridized carbons (Fsp3) is 0.500. The number of nitrogens with two attached hydrogens (primary N) is 1. The molecule has 0 radical (unpaired) electrons. The van der Waals surface area contributed by atoms with Crippen molar-refractivity contribution in [3.8, 4) is 0 Å². The van der Waals surface area contributed by atoms with Gasteiger partial charge in [0.05, 0.1) is 17.4 Å². The van der Waals surface area contributed by atoms with Gasteiger partial charge in [-0.3, -0.25) is 9.59 Å². The van der Waals surface area contributed by atoms with Crippen molar-refractivity contribution in [2.45, 2.75) is 44.9 Å². The zero-order valence-corrected chi connectivity index (χ0v) is 14.2. The van der Waals surface area contributed by atoms with Crippen LogP contribution in [0.5, 0.6) is 0 Å². The Labute approximate surface area is 142 Å². The summed E-state index contributed by atoms with van der Waals surface area (Å²) in [7, 11) is 0. The molecule has 4 N–H and O–H groups in total. The van der Waals surface area contributed by atoms with Gasteiger partial charge in [-0.2, -0.15) is 0 Å². The third-order valence-electron chi connectivity index (χ3n) is 3.51. The molecule has 128 valence electrons. The first kappa shape index (κ1) is 19.4. The van der Waals surface area contributed by atoms with Gasteiger partial charge in [0.1, 0.15) is 6.10 Å². The van der Waals surface area contributed by atoms with Crippen LogP contribution in [0, 0.1) is 0 Å². The van der Waals surface area contributed by atoms with E-state index >= 15 is 0 Å². The van der Waals surface area contributed by atoms with Crippen LogP contribution in [0.3, 0.4) is 0 Å². The number of amides is 2. The summed E-state index contributed by atoms with van der Waals surface area (Å²) in [5, 5.41) is 5.61. The zero-order chi connectivity index (χ0) is 16.1. The number of carbonyl (C=O) groups excluding carboxylic acids is 2. The number of para-hydroxylation sites is 1. The van der Waals surface area contributed by atoms with Gasteiger partial charge < -0.3 is 21.1 Å². The average Bonchev–Trinajstić information content (AvgIpc) is 2.96. The lowest BCUT2D eigenvalue weighted by Crippen LogP contribution is -2.33. The second-order valence-electron chi connectivity index (χ2n) is 5.72. The molecule has 2 rings (SSSR count). The van der Waals surface area contributed by atoms with E-state index in [4.69, 9.17) is 10.5 Å². The van der Waals surface area contributed by atoms with Gasteiger partial charge in [0.15, 0.2) is 0 Å². The second-order valence-corrected chi connectivity index (χ2v) is 5.72. The van der Waals surface area contributed by atoms with Crippen LogP contribution < -0.4 is 16.4 Å². The molecule has 2 amide bonds. The average molecular weight is 342 g/mol. The fourth-order valence-electron chi connectivity index (χ4n) is 2.42. The summed E-state index contributed by atoms with van der Waals surface area (Å²) >= 11 is 0. The predicted molar refractivity (Wildman–Crippen MR) is 91.9 cm³/mol. The molecule has 0 aliphatic carbocycles. The molecule has 1 aromatic carbocycles. The Balaban J connectivity index is 0.00000264. The van der Waals surface area contributed by atoms with Crippen molar-refractivity contribution in [2.24, 2.45) is 5.73 Å². The fourth-order valence-corrected chi connectivity index (χ4v) is 2.42. The number of anilines is 1. The van der Waals surface area contributed by atoms with E-state index in [2.05, 4.69) is 10.6 Å². The lowest BCUT2D eigenvalue weighted by Gasteiger charge is -2.16. The number of rotatable bonds is 5. The molecular formula is C16H24ClN3O3. The number of carbonyl (C=O) groups is 2. The van der Waals surface area contributed by atoms with E-state index in [-0.39, 0.29) is 36.4 Å². The number of halogens is 1. The molecule has 0 saturated carbocycles. The van der Waals surface area contributed by atoms with Crippen LogP contribution in [0.25, 0.3) is 0 Å². The summed E-state index contributed by atoms with van der Waals surface area (Å²) in [6.07, 6.45) is 0.864. The second kappa shape index (κ2) is 8.86. The van der Waals surface area contributed by atoms with E-state index in [1.54, 1.807) is 24.3 Å². The highest BCUT2D eigenvalue weighted by molar-refractivity contribution is 6.04. The first-order valence-corrected chi connectivity index (χ1v) is 7.57. The third-order valence-corrected chi connectivity index (χ3v) is 3.51. The molecule has 1 heterocycles. The third kappa shape index (κ3) is 5.20. The van der Waals surface area contributed by atoms with Crippen LogP contribution in [0.4, 0.5) is 5.69 Å². The van der Waals surface area contributed by atoms with Crippen LogP contribution in [-0.2, 0) is 9.53 Å². The summed E-state index contributed by atoms with van der Waals surface area (Å²) in [4.78, 5) is 24.4. The van der Waals surface area contributed by atoms with Gasteiger partial charge in [-0.05, 0) is 38.8 Å². The number of hydrogen-bond donors (Lipinski definition) is 3. The van der Waals surface area contributed by atoms with Crippen molar-refractivity contribution < 1.29 is 14.3 Å². The quantitative estimate of drug-likeness (QED) is 0.759. The largest absolute Gasteiger partial charge is 0.364 e. The Morgan fingerprint density at radius 3 is 2.61 bits per heavy atom. The summed E-state index contributed by atoms with van der Waals surface area (Å²) in [5.41, 5.74) is 6.48. The Morgan fingerprint density at radius 2 is 2.00 bits per heavy atom. The molecule has 1 aliphatic rings. The van der Waals surface area contributed by atoms with Crippen LogP contribution >= 0.6 is 12.4 Å². The molecule has 0 unspecified atom stereocenters. The minimum atomic E-state index is -0.505. The molecule has 0 spiro atoms. The van der Waals surface area contributed by atoms with E-state index < -0.39 is 6.10 Å². The minimum Gasteiger partial charge on any atom is -0.364 e. The van der Waals surface area contributed by atoms with E-state index in [1.165, 1.54) is 0 Å². The van der Waals surface area contributed by atoms with Crippen molar-refractivity contribution in [3.63, 3.8) is 0 Å². The summed E-state index contributed by atoms with van der Waals surface area (Å²) in [6.45, 7) is 4.19. The molecule has 2 atom stereocenters. The molecule has 1 saturated heterocycles. The normalized spacial score (nSPS) is 20.0. The zero-order valence-electron chi connectivity index (χ0n) is 13.4. The first-order valence-electron chi connectivity index (χ1n) is 7.57. The van der Waals surface area contributed by atoms with Gasteiger partial charge in [-0.1, -0.05) is 12.1 Å². The van der Waals surface area contributed by atoms with Gasteiger partial charge in [-0.25, -0.2) is 0 Å². The Morgan fingerprint density at radius 1 is 1.30 bits per heavy atom. The predicted octanol–water partition coefficient (Wildman–Crippen LogP) is 1.69. The lowest BCUT2D eigenvalue weighted by atomic mass is 10.1. The van der Waals surface area contributed by atoms with Crippen LogP contribution in [0.15, 0.2) is 24.3 Å². The van der Waals surface area contributed by atoms with E-state index in [9.17, 15) is 9.59 Å². The summed E-state index contributed by atoms with van der Waals surface area (Å²) < 4.78 is 5.57. The highest BCUT2D eigenvalue weighted by Crippen LogP contribution is 2.22. The highest BCUT2D eigenvalue weighted by Gasteiger charge is 2.30. The van der Waals surface area contributed by atoms with Gasteiger partial charge in [0.25, 0.3) is 11.8 Å². The van der Waals surface area contributed by atoms with Gasteiger partial charge in [-0.15, -0.1) is 12.4 Å². The summed E-state index contributed by atoms with van der Waals surface area (Å²) in [5.74, 6) is -0.446. The van der Waals surface area contributed by atoms with Gasteiger partial charge in [0.2, 0.25) is 0 Å². The van der Waals surface area contributed by atoms with Crippen LogP contribution in [0.2, 0.25) is 0 Å². The standard InChI is InChI=1S/C16H23N3O3.ClH/c1-10(2)18-15(20)12-5-3-4-6-13(12)19-16(21)14-8-7-11(9-17)22-14;/h3-6,10-11,14H,7-9,17H2,1-2H3,(H,18,20)(H,19,21);1H/t11-,14+;/m1./s1. The van der Waals surface area contributed by atoms with E-state index in [0.717, 1.165) is 6.42 Å². The number of benzene rings is 1. The van der Waals surface area contributed by atoms with Crippen molar-refractivity contribution >= 4 is 29.9 Å². The van der Waals surface area contributed by atoms with Crippen molar-refractivity contribution in [1.29, 1.82) is 0 Å². The maximum atomic E-state index is 12.3. The Bertz CT molecular complexity index is 551. The molecule has 1 fully saturated rings. The number of nitrogens with one attached hydrogen (secondary N) is 2.